The van der Waals surface area contributed by atoms with Crippen LogP contribution in [0.5, 0.6) is 0 Å². The second-order valence-corrected chi connectivity index (χ2v) is 7.35. The van der Waals surface area contributed by atoms with Gasteiger partial charge in [-0.15, -0.1) is 0 Å². The van der Waals surface area contributed by atoms with Gasteiger partial charge in [-0.3, -0.25) is 4.79 Å². The molecule has 0 aromatic heterocycles. The Morgan fingerprint density at radius 2 is 2.00 bits per heavy atom. The van der Waals surface area contributed by atoms with Crippen LogP contribution in [-0.2, 0) is 16.0 Å². The summed E-state index contributed by atoms with van der Waals surface area (Å²) < 4.78 is 0. The van der Waals surface area contributed by atoms with E-state index in [0.29, 0.717) is 24.3 Å². The van der Waals surface area contributed by atoms with Gasteiger partial charge in [-0.25, -0.2) is 4.79 Å². The first-order valence-corrected chi connectivity index (χ1v) is 9.96. The van der Waals surface area contributed by atoms with E-state index in [9.17, 15) is 14.7 Å². The third-order valence-electron chi connectivity index (χ3n) is 4.23. The third kappa shape index (κ3) is 6.13. The van der Waals surface area contributed by atoms with Gasteiger partial charge in [0.2, 0.25) is 5.91 Å². The first-order chi connectivity index (χ1) is 13.4. The van der Waals surface area contributed by atoms with Crippen LogP contribution < -0.4 is 5.32 Å². The summed E-state index contributed by atoms with van der Waals surface area (Å²) in [5, 5.41) is 14.4. The predicted octanol–water partition coefficient (Wildman–Crippen LogP) is 5.22. The van der Waals surface area contributed by atoms with E-state index in [-0.39, 0.29) is 11.5 Å². The lowest BCUT2D eigenvalue weighted by molar-refractivity contribution is -0.132. The third-order valence-corrected chi connectivity index (χ3v) is 5.34. The number of carboxylic acid groups (broad SMARTS) is 1. The summed E-state index contributed by atoms with van der Waals surface area (Å²) in [5.41, 5.74) is 4.37. The van der Waals surface area contributed by atoms with Crippen LogP contribution in [0.25, 0.3) is 5.57 Å². The molecule has 4 nitrogen and oxygen atoms in total. The lowest BCUT2D eigenvalue weighted by Gasteiger charge is -2.16. The second-order valence-electron chi connectivity index (χ2n) is 6.47. The quantitative estimate of drug-likeness (QED) is 0.593. The molecule has 146 valence electrons. The molecule has 0 aliphatic carbocycles. The molecule has 0 radical (unpaired) electrons. The van der Waals surface area contributed by atoms with Gasteiger partial charge in [-0.1, -0.05) is 72.5 Å². The highest BCUT2D eigenvalue weighted by atomic mass is 32.2. The lowest BCUT2D eigenvalue weighted by atomic mass is 10.0. The van der Waals surface area contributed by atoms with Crippen molar-refractivity contribution in [1.82, 2.24) is 5.32 Å². The summed E-state index contributed by atoms with van der Waals surface area (Å²) in [6, 6.07) is 8.03. The molecule has 0 unspecified atom stereocenters. The first-order valence-electron chi connectivity index (χ1n) is 9.08. The largest absolute Gasteiger partial charge is 0.478 e. The predicted molar refractivity (Wildman–Crippen MR) is 117 cm³/mol. The summed E-state index contributed by atoms with van der Waals surface area (Å²) in [6.07, 6.45) is 8.98. The Bertz CT molecular complexity index is 874. The molecule has 5 heteroatoms. The van der Waals surface area contributed by atoms with Crippen molar-refractivity contribution in [2.24, 2.45) is 0 Å². The van der Waals surface area contributed by atoms with Crippen LogP contribution in [0.15, 0.2) is 76.7 Å². The van der Waals surface area contributed by atoms with Crippen molar-refractivity contribution < 1.29 is 14.7 Å². The highest BCUT2D eigenvalue weighted by molar-refractivity contribution is 8.05. The molecular formula is C23H25NO3S. The van der Waals surface area contributed by atoms with Gasteiger partial charge in [0.05, 0.1) is 10.6 Å². The minimum absolute atomic E-state index is 0.182. The minimum Gasteiger partial charge on any atom is -0.478 e. The number of amides is 1. The van der Waals surface area contributed by atoms with E-state index in [4.69, 9.17) is 0 Å². The number of thioether (sulfide) groups is 1. The highest BCUT2D eigenvalue weighted by Gasteiger charge is 2.20. The molecule has 0 saturated carbocycles. The molecule has 1 aliphatic heterocycles. The van der Waals surface area contributed by atoms with Gasteiger partial charge in [-0.2, -0.15) is 0 Å². The Morgan fingerprint density at radius 1 is 1.29 bits per heavy atom. The van der Waals surface area contributed by atoms with Crippen molar-refractivity contribution in [1.29, 1.82) is 0 Å². The molecule has 1 aromatic rings. The number of nitrogens with one attached hydrogen (secondary N) is 1. The number of carbonyl (C=O) groups is 2. The Labute approximate surface area is 170 Å². The zero-order valence-electron chi connectivity index (χ0n) is 16.2. The fourth-order valence-electron chi connectivity index (χ4n) is 2.70. The number of rotatable bonds is 8. The normalized spacial score (nSPS) is 14.8. The Kier molecular flexibility index (Phi) is 8.08. The molecule has 1 amide bonds. The summed E-state index contributed by atoms with van der Waals surface area (Å²) in [6.45, 7) is 7.68. The maximum Gasteiger partial charge on any atom is 0.334 e. The van der Waals surface area contributed by atoms with Crippen molar-refractivity contribution in [2.75, 3.05) is 0 Å². The zero-order valence-corrected chi connectivity index (χ0v) is 17.0. The number of carboxylic acids is 1. The molecule has 28 heavy (non-hydrogen) atoms. The number of carbonyl (C=O) groups excluding carboxylic acids is 1. The van der Waals surface area contributed by atoms with Crippen molar-refractivity contribution in [3.63, 3.8) is 0 Å². The molecule has 0 atom stereocenters. The summed E-state index contributed by atoms with van der Waals surface area (Å²) in [4.78, 5) is 23.7. The SMILES string of the molecule is C=C/C(=C\C=C/C)c1ccc(CCC(=O)NC2=C(C(=O)O)CC(C)=CS2)cc1. The molecule has 2 rings (SSSR count). The fourth-order valence-corrected chi connectivity index (χ4v) is 3.58. The van der Waals surface area contributed by atoms with E-state index in [1.807, 2.05) is 67.8 Å². The van der Waals surface area contributed by atoms with Gasteiger partial charge in [0.25, 0.3) is 0 Å². The van der Waals surface area contributed by atoms with Gasteiger partial charge in [0, 0.05) is 12.8 Å². The molecule has 1 aliphatic rings. The topological polar surface area (TPSA) is 66.4 Å². The zero-order chi connectivity index (χ0) is 20.5. The maximum absolute atomic E-state index is 12.3. The second kappa shape index (κ2) is 10.5. The van der Waals surface area contributed by atoms with E-state index in [0.717, 1.165) is 22.3 Å². The van der Waals surface area contributed by atoms with E-state index in [1.54, 1.807) is 0 Å². The molecule has 2 N–H and O–H groups in total. The Hall–Kier alpha value is -2.79. The summed E-state index contributed by atoms with van der Waals surface area (Å²) >= 11 is 1.26. The van der Waals surface area contributed by atoms with Crippen LogP contribution in [0.2, 0.25) is 0 Å². The van der Waals surface area contributed by atoms with Gasteiger partial charge < -0.3 is 10.4 Å². The Balaban J connectivity index is 1.97. The van der Waals surface area contributed by atoms with Crippen molar-refractivity contribution >= 4 is 29.2 Å². The van der Waals surface area contributed by atoms with Gasteiger partial charge in [0.1, 0.15) is 0 Å². The minimum atomic E-state index is -0.991. The first kappa shape index (κ1) is 21.5. The molecule has 1 heterocycles. The van der Waals surface area contributed by atoms with Crippen LogP contribution in [-0.4, -0.2) is 17.0 Å². The number of aryl methyl sites for hydroxylation is 1. The summed E-state index contributed by atoms with van der Waals surface area (Å²) in [7, 11) is 0. The van der Waals surface area contributed by atoms with Crippen molar-refractivity contribution in [3.8, 4) is 0 Å². The molecule has 1 aromatic carbocycles. The van der Waals surface area contributed by atoms with Crippen molar-refractivity contribution in [3.05, 3.63) is 87.9 Å². The maximum atomic E-state index is 12.3. The van der Waals surface area contributed by atoms with E-state index < -0.39 is 5.97 Å². The van der Waals surface area contributed by atoms with Gasteiger partial charge in [-0.05, 0) is 42.4 Å². The van der Waals surface area contributed by atoms with Crippen molar-refractivity contribution in [2.45, 2.75) is 33.1 Å². The standard InChI is InChI=1S/C23H25NO3S/c1-4-6-7-18(5-2)19-11-8-17(9-12-19)10-13-21(25)24-22-20(23(26)27)14-16(3)15-28-22/h4-9,11-12,15H,2,10,13-14H2,1,3H3,(H,24,25)(H,26,27)/b6-4-,18-7+. The number of hydrogen-bond donors (Lipinski definition) is 2. The molecule has 0 bridgehead atoms. The number of aliphatic carboxylic acids is 1. The number of allylic oxidation sites excluding steroid dienone is 6. The highest BCUT2D eigenvalue weighted by Crippen LogP contribution is 2.30. The van der Waals surface area contributed by atoms with Gasteiger partial charge in [0.15, 0.2) is 0 Å². The van der Waals surface area contributed by atoms with E-state index >= 15 is 0 Å². The van der Waals surface area contributed by atoms with Gasteiger partial charge >= 0.3 is 5.97 Å². The molecular weight excluding hydrogens is 370 g/mol. The average molecular weight is 396 g/mol. The van der Waals surface area contributed by atoms with E-state index in [2.05, 4.69) is 11.9 Å². The van der Waals surface area contributed by atoms with Crippen LogP contribution in [0.3, 0.4) is 0 Å². The molecule has 0 saturated heterocycles. The smallest absolute Gasteiger partial charge is 0.334 e. The number of benzene rings is 1. The fraction of sp³-hybridized carbons (Fsp3) is 0.217. The van der Waals surface area contributed by atoms with Crippen LogP contribution in [0.4, 0.5) is 0 Å². The van der Waals surface area contributed by atoms with E-state index in [1.165, 1.54) is 11.8 Å². The Morgan fingerprint density at radius 3 is 2.61 bits per heavy atom. The molecule has 0 spiro atoms. The number of hydrogen-bond acceptors (Lipinski definition) is 3. The molecule has 0 fully saturated rings. The van der Waals surface area contributed by atoms with Crippen LogP contribution in [0, 0.1) is 0 Å². The lowest BCUT2D eigenvalue weighted by Crippen LogP contribution is -2.25. The monoisotopic (exact) mass is 395 g/mol. The van der Waals surface area contributed by atoms with Crippen LogP contribution >= 0.6 is 11.8 Å². The summed E-state index contributed by atoms with van der Waals surface area (Å²) in [5.74, 6) is -1.17. The van der Waals surface area contributed by atoms with Crippen LogP contribution in [0.1, 0.15) is 37.8 Å². The average Bonchev–Trinajstić information content (AvgIpc) is 2.69.